The topological polar surface area (TPSA) is 74.8 Å². The highest BCUT2D eigenvalue weighted by Gasteiger charge is 2.28. The average Bonchev–Trinajstić information content (AvgIpc) is 3.22. The first-order chi connectivity index (χ1) is 14.0. The second kappa shape index (κ2) is 7.67. The highest BCUT2D eigenvalue weighted by molar-refractivity contribution is 6.09. The van der Waals surface area contributed by atoms with Crippen LogP contribution in [0.4, 0.5) is 0 Å². The summed E-state index contributed by atoms with van der Waals surface area (Å²) in [5, 5.41) is 14.6. The summed E-state index contributed by atoms with van der Waals surface area (Å²) in [6.07, 6.45) is 5.49. The third kappa shape index (κ3) is 3.49. The zero-order chi connectivity index (χ0) is 20.5. The minimum atomic E-state index is -0.0925. The number of pyridine rings is 1. The Kier molecular flexibility index (Phi) is 5.06. The minimum absolute atomic E-state index is 0.00965. The molecule has 0 bridgehead atoms. The smallest absolute Gasteiger partial charge is 0.254 e. The average molecular weight is 387 g/mol. The summed E-state index contributed by atoms with van der Waals surface area (Å²) in [6.45, 7) is 7.99. The molecule has 3 aromatic rings. The van der Waals surface area contributed by atoms with Crippen molar-refractivity contribution < 1.29 is 4.79 Å². The standard InChI is InChI=1S/C23H25N5O/c1-4-28-14-18(12-25-28)22-16(3)21(19-10-15(2)7-8-20(19)26-22)23(29)27-9-5-6-17(11-24)13-27/h7-8,10,12,14,17H,4-6,9,13H2,1-3H3. The summed E-state index contributed by atoms with van der Waals surface area (Å²) in [5.74, 6) is -0.102. The third-order valence-corrected chi connectivity index (χ3v) is 5.72. The number of aryl methyl sites for hydroxylation is 2. The highest BCUT2D eigenvalue weighted by Crippen LogP contribution is 2.32. The minimum Gasteiger partial charge on any atom is -0.337 e. The van der Waals surface area contributed by atoms with Crippen LogP contribution in [-0.2, 0) is 6.54 Å². The molecule has 6 nitrogen and oxygen atoms in total. The summed E-state index contributed by atoms with van der Waals surface area (Å²) in [4.78, 5) is 20.3. The SMILES string of the molecule is CCn1cc(-c2nc3ccc(C)cc3c(C(=O)N3CCCC(C#N)C3)c2C)cn1. The lowest BCUT2D eigenvalue weighted by molar-refractivity contribution is 0.0700. The van der Waals surface area contributed by atoms with Crippen molar-refractivity contribution in [1.82, 2.24) is 19.7 Å². The molecular weight excluding hydrogens is 362 g/mol. The van der Waals surface area contributed by atoms with Gasteiger partial charge in [-0.15, -0.1) is 0 Å². The Balaban J connectivity index is 1.88. The molecular formula is C23H25N5O. The molecule has 29 heavy (non-hydrogen) atoms. The summed E-state index contributed by atoms with van der Waals surface area (Å²) in [7, 11) is 0. The van der Waals surface area contributed by atoms with E-state index in [4.69, 9.17) is 4.98 Å². The molecule has 1 fully saturated rings. The van der Waals surface area contributed by atoms with Gasteiger partial charge in [-0.2, -0.15) is 10.4 Å². The Bertz CT molecular complexity index is 1120. The number of carbonyl (C=O) groups excluding carboxylic acids is 1. The van der Waals surface area contributed by atoms with Gasteiger partial charge in [0.1, 0.15) is 0 Å². The Labute approximate surface area is 170 Å². The van der Waals surface area contributed by atoms with Crippen molar-refractivity contribution >= 4 is 16.8 Å². The summed E-state index contributed by atoms with van der Waals surface area (Å²) < 4.78 is 1.86. The normalized spacial score (nSPS) is 16.8. The molecule has 0 saturated carbocycles. The number of benzene rings is 1. The maximum atomic E-state index is 13.6. The number of carbonyl (C=O) groups is 1. The van der Waals surface area contributed by atoms with Gasteiger partial charge < -0.3 is 4.90 Å². The van der Waals surface area contributed by atoms with Crippen LogP contribution in [0.5, 0.6) is 0 Å². The molecule has 1 aromatic carbocycles. The van der Waals surface area contributed by atoms with Crippen molar-refractivity contribution in [2.24, 2.45) is 5.92 Å². The fourth-order valence-corrected chi connectivity index (χ4v) is 4.11. The quantitative estimate of drug-likeness (QED) is 0.678. The van der Waals surface area contributed by atoms with E-state index < -0.39 is 0 Å². The van der Waals surface area contributed by atoms with E-state index in [-0.39, 0.29) is 11.8 Å². The molecule has 1 saturated heterocycles. The fraction of sp³-hybridized carbons (Fsp3) is 0.391. The first kappa shape index (κ1) is 19.1. The van der Waals surface area contributed by atoms with Crippen molar-refractivity contribution in [2.45, 2.75) is 40.2 Å². The highest BCUT2D eigenvalue weighted by atomic mass is 16.2. The molecule has 0 aliphatic carbocycles. The number of likely N-dealkylation sites (tertiary alicyclic amines) is 1. The molecule has 0 N–H and O–H groups in total. The van der Waals surface area contributed by atoms with Gasteiger partial charge in [-0.1, -0.05) is 11.6 Å². The van der Waals surface area contributed by atoms with E-state index in [1.807, 2.05) is 54.7 Å². The maximum Gasteiger partial charge on any atom is 0.254 e. The monoisotopic (exact) mass is 387 g/mol. The second-order valence-corrected chi connectivity index (χ2v) is 7.79. The van der Waals surface area contributed by atoms with E-state index >= 15 is 0 Å². The molecule has 3 heterocycles. The molecule has 1 aliphatic rings. The summed E-state index contributed by atoms with van der Waals surface area (Å²) in [6, 6.07) is 8.36. The summed E-state index contributed by atoms with van der Waals surface area (Å²) >= 11 is 0. The molecule has 4 rings (SSSR count). The van der Waals surface area contributed by atoms with Gasteiger partial charge in [0.25, 0.3) is 5.91 Å². The molecule has 6 heteroatoms. The number of nitriles is 1. The van der Waals surface area contributed by atoms with Crippen molar-refractivity contribution in [1.29, 1.82) is 5.26 Å². The number of hydrogen-bond acceptors (Lipinski definition) is 4. The van der Waals surface area contributed by atoms with Crippen LogP contribution in [0.3, 0.4) is 0 Å². The number of fused-ring (bicyclic) bond motifs is 1. The molecule has 0 spiro atoms. The van der Waals surface area contributed by atoms with E-state index in [2.05, 4.69) is 11.2 Å². The largest absolute Gasteiger partial charge is 0.337 e. The fourth-order valence-electron chi connectivity index (χ4n) is 4.11. The van der Waals surface area contributed by atoms with Crippen molar-refractivity contribution in [3.63, 3.8) is 0 Å². The van der Waals surface area contributed by atoms with Crippen LogP contribution < -0.4 is 0 Å². The van der Waals surface area contributed by atoms with Gasteiger partial charge in [0, 0.05) is 36.8 Å². The van der Waals surface area contributed by atoms with E-state index in [0.717, 1.165) is 52.7 Å². The second-order valence-electron chi connectivity index (χ2n) is 7.79. The number of piperidine rings is 1. The third-order valence-electron chi connectivity index (χ3n) is 5.72. The first-order valence-electron chi connectivity index (χ1n) is 10.1. The predicted octanol–water partition coefficient (Wildman–Crippen LogP) is 4.11. The van der Waals surface area contributed by atoms with Crippen molar-refractivity contribution in [3.8, 4) is 17.3 Å². The molecule has 1 unspecified atom stereocenters. The number of aromatic nitrogens is 3. The lowest BCUT2D eigenvalue weighted by Crippen LogP contribution is -2.40. The van der Waals surface area contributed by atoms with Gasteiger partial charge in [-0.05, 0) is 51.3 Å². The van der Waals surface area contributed by atoms with Crippen LogP contribution >= 0.6 is 0 Å². The number of nitrogens with zero attached hydrogens (tertiary/aromatic N) is 5. The van der Waals surface area contributed by atoms with Gasteiger partial charge >= 0.3 is 0 Å². The van der Waals surface area contributed by atoms with E-state index in [1.165, 1.54) is 0 Å². The molecule has 1 atom stereocenters. The zero-order valence-electron chi connectivity index (χ0n) is 17.1. The van der Waals surface area contributed by atoms with Crippen LogP contribution in [0, 0.1) is 31.1 Å². The van der Waals surface area contributed by atoms with Gasteiger partial charge in [0.2, 0.25) is 0 Å². The Morgan fingerprint density at radius 3 is 2.90 bits per heavy atom. The van der Waals surface area contributed by atoms with Gasteiger partial charge in [-0.25, -0.2) is 4.98 Å². The van der Waals surface area contributed by atoms with Crippen LogP contribution in [-0.4, -0.2) is 38.7 Å². The molecule has 1 amide bonds. The molecule has 2 aromatic heterocycles. The van der Waals surface area contributed by atoms with Gasteiger partial charge in [-0.3, -0.25) is 9.48 Å². The first-order valence-corrected chi connectivity index (χ1v) is 10.1. The van der Waals surface area contributed by atoms with Crippen molar-refractivity contribution in [3.05, 3.63) is 47.3 Å². The maximum absolute atomic E-state index is 13.6. The number of amides is 1. The van der Waals surface area contributed by atoms with Crippen LogP contribution in [0.15, 0.2) is 30.6 Å². The van der Waals surface area contributed by atoms with Crippen molar-refractivity contribution in [2.75, 3.05) is 13.1 Å². The van der Waals surface area contributed by atoms with Crippen LogP contribution in [0.2, 0.25) is 0 Å². The zero-order valence-corrected chi connectivity index (χ0v) is 17.1. The molecule has 148 valence electrons. The number of rotatable bonds is 3. The lowest BCUT2D eigenvalue weighted by atomic mass is 9.94. The van der Waals surface area contributed by atoms with Crippen LogP contribution in [0.25, 0.3) is 22.2 Å². The van der Waals surface area contributed by atoms with E-state index in [9.17, 15) is 10.1 Å². The predicted molar refractivity (Wildman–Crippen MR) is 112 cm³/mol. The van der Waals surface area contributed by atoms with E-state index in [0.29, 0.717) is 18.7 Å². The lowest BCUT2D eigenvalue weighted by Gasteiger charge is -2.30. The van der Waals surface area contributed by atoms with Crippen LogP contribution in [0.1, 0.15) is 41.3 Å². The van der Waals surface area contributed by atoms with Gasteiger partial charge in [0.15, 0.2) is 0 Å². The Hall–Kier alpha value is -3.20. The Morgan fingerprint density at radius 1 is 1.34 bits per heavy atom. The van der Waals surface area contributed by atoms with Gasteiger partial charge in [0.05, 0.1) is 35.0 Å². The molecule has 1 aliphatic heterocycles. The number of hydrogen-bond donors (Lipinski definition) is 0. The van der Waals surface area contributed by atoms with E-state index in [1.54, 1.807) is 6.20 Å². The summed E-state index contributed by atoms with van der Waals surface area (Å²) in [5.41, 5.74) is 5.15. The Morgan fingerprint density at radius 2 is 2.17 bits per heavy atom. The molecule has 0 radical (unpaired) electrons.